The van der Waals surface area contributed by atoms with Crippen molar-refractivity contribution in [3.63, 3.8) is 0 Å². The zero-order valence-electron chi connectivity index (χ0n) is 10.8. The van der Waals surface area contributed by atoms with Gasteiger partial charge >= 0.3 is 0 Å². The van der Waals surface area contributed by atoms with Gasteiger partial charge in [-0.2, -0.15) is 4.98 Å². The maximum atomic E-state index is 8.87. The first-order valence-electron chi connectivity index (χ1n) is 6.37. The summed E-state index contributed by atoms with van der Waals surface area (Å²) in [6, 6.07) is 13.5. The summed E-state index contributed by atoms with van der Waals surface area (Å²) in [5.41, 5.74) is 9.13. The van der Waals surface area contributed by atoms with Crippen molar-refractivity contribution >= 4 is 16.7 Å². The Morgan fingerprint density at radius 1 is 1.15 bits per heavy atom. The highest BCUT2D eigenvalue weighted by atomic mass is 16.5. The van der Waals surface area contributed by atoms with Crippen molar-refractivity contribution in [1.29, 1.82) is 0 Å². The zero-order chi connectivity index (χ0) is 13.9. The van der Waals surface area contributed by atoms with Crippen LogP contribution >= 0.6 is 0 Å². The molecular formula is C15H15N3O2. The number of rotatable bonds is 4. The lowest BCUT2D eigenvalue weighted by atomic mass is 10.1. The van der Waals surface area contributed by atoms with E-state index < -0.39 is 0 Å². The quantitative estimate of drug-likeness (QED) is 0.635. The van der Waals surface area contributed by atoms with Gasteiger partial charge in [0.05, 0.1) is 11.0 Å². The Labute approximate surface area is 116 Å². The summed E-state index contributed by atoms with van der Waals surface area (Å²) in [6.45, 7) is 0.144. The van der Waals surface area contributed by atoms with Gasteiger partial charge in [0.1, 0.15) is 5.75 Å². The van der Waals surface area contributed by atoms with Gasteiger partial charge in [0, 0.05) is 12.3 Å². The SMILES string of the molecule is Nc1ccc2nc(Oc3ccc(CCO)cc3)[nH]c2c1. The lowest BCUT2D eigenvalue weighted by molar-refractivity contribution is 0.299. The molecule has 2 aromatic carbocycles. The van der Waals surface area contributed by atoms with E-state index in [4.69, 9.17) is 15.6 Å². The number of imidazole rings is 1. The van der Waals surface area contributed by atoms with Crippen molar-refractivity contribution in [1.82, 2.24) is 9.97 Å². The predicted molar refractivity (Wildman–Crippen MR) is 77.8 cm³/mol. The minimum Gasteiger partial charge on any atom is -0.426 e. The molecule has 0 bridgehead atoms. The molecule has 0 aliphatic rings. The topological polar surface area (TPSA) is 84.2 Å². The van der Waals surface area contributed by atoms with E-state index in [2.05, 4.69) is 9.97 Å². The smallest absolute Gasteiger partial charge is 0.300 e. The molecule has 5 heteroatoms. The predicted octanol–water partition coefficient (Wildman–Crippen LogP) is 2.47. The summed E-state index contributed by atoms with van der Waals surface area (Å²) in [7, 11) is 0. The fourth-order valence-corrected chi connectivity index (χ4v) is 2.02. The van der Waals surface area contributed by atoms with Gasteiger partial charge in [-0.3, -0.25) is 0 Å². The van der Waals surface area contributed by atoms with Crippen molar-refractivity contribution in [2.24, 2.45) is 0 Å². The Morgan fingerprint density at radius 2 is 1.95 bits per heavy atom. The van der Waals surface area contributed by atoms with Crippen LogP contribution in [0.15, 0.2) is 42.5 Å². The van der Waals surface area contributed by atoms with Crippen LogP contribution in [0.2, 0.25) is 0 Å². The first-order valence-corrected chi connectivity index (χ1v) is 6.37. The highest BCUT2D eigenvalue weighted by molar-refractivity contribution is 5.79. The number of aromatic nitrogens is 2. The van der Waals surface area contributed by atoms with Crippen LogP contribution in [-0.2, 0) is 6.42 Å². The lowest BCUT2D eigenvalue weighted by Gasteiger charge is -2.03. The van der Waals surface area contributed by atoms with Crippen molar-refractivity contribution in [3.05, 3.63) is 48.0 Å². The molecule has 3 aromatic rings. The summed E-state index contributed by atoms with van der Waals surface area (Å²) in [4.78, 5) is 7.41. The van der Waals surface area contributed by atoms with Crippen LogP contribution in [0, 0.1) is 0 Å². The molecule has 0 fully saturated rings. The number of nitrogens with one attached hydrogen (secondary N) is 1. The lowest BCUT2D eigenvalue weighted by Crippen LogP contribution is -1.91. The highest BCUT2D eigenvalue weighted by Crippen LogP contribution is 2.23. The summed E-state index contributed by atoms with van der Waals surface area (Å²) < 4.78 is 5.67. The van der Waals surface area contributed by atoms with Gasteiger partial charge in [0.15, 0.2) is 0 Å². The summed E-state index contributed by atoms with van der Waals surface area (Å²) >= 11 is 0. The molecule has 0 aliphatic carbocycles. The number of anilines is 1. The van der Waals surface area contributed by atoms with Crippen LogP contribution in [-0.4, -0.2) is 21.7 Å². The van der Waals surface area contributed by atoms with Crippen molar-refractivity contribution in [2.45, 2.75) is 6.42 Å². The van der Waals surface area contributed by atoms with E-state index in [0.29, 0.717) is 23.9 Å². The Hall–Kier alpha value is -2.53. The molecule has 4 N–H and O–H groups in total. The Bertz CT molecular complexity index is 720. The summed E-state index contributed by atoms with van der Waals surface area (Å²) in [5.74, 6) is 0.693. The van der Waals surface area contributed by atoms with Gasteiger partial charge < -0.3 is 20.6 Å². The third-order valence-corrected chi connectivity index (χ3v) is 3.02. The number of benzene rings is 2. The van der Waals surface area contributed by atoms with Gasteiger partial charge in [-0.15, -0.1) is 0 Å². The van der Waals surface area contributed by atoms with Crippen LogP contribution in [0.3, 0.4) is 0 Å². The van der Waals surface area contributed by atoms with Crippen LogP contribution in [0.25, 0.3) is 11.0 Å². The number of hydrogen-bond donors (Lipinski definition) is 3. The molecule has 20 heavy (non-hydrogen) atoms. The second kappa shape index (κ2) is 5.22. The molecule has 1 aromatic heterocycles. The van der Waals surface area contributed by atoms with E-state index in [0.717, 1.165) is 16.6 Å². The average molecular weight is 269 g/mol. The molecule has 102 valence electrons. The van der Waals surface area contributed by atoms with Crippen LogP contribution in [0.5, 0.6) is 11.8 Å². The van der Waals surface area contributed by atoms with E-state index in [1.54, 1.807) is 6.07 Å². The second-order valence-electron chi connectivity index (χ2n) is 4.54. The maximum absolute atomic E-state index is 8.87. The third kappa shape index (κ3) is 2.57. The first kappa shape index (κ1) is 12.5. The monoisotopic (exact) mass is 269 g/mol. The normalized spacial score (nSPS) is 10.8. The number of H-pyrrole nitrogens is 1. The molecule has 0 aliphatic heterocycles. The standard InChI is InChI=1S/C15H15N3O2/c16-11-3-6-13-14(9-11)18-15(17-13)20-12-4-1-10(2-5-12)7-8-19/h1-6,9,19H,7-8,16H2,(H,17,18). The molecule has 0 amide bonds. The number of hydrogen-bond acceptors (Lipinski definition) is 4. The third-order valence-electron chi connectivity index (χ3n) is 3.02. The van der Waals surface area contributed by atoms with Gasteiger partial charge in [-0.1, -0.05) is 12.1 Å². The van der Waals surface area contributed by atoms with Crippen molar-refractivity contribution in [2.75, 3.05) is 12.3 Å². The molecule has 5 nitrogen and oxygen atoms in total. The molecule has 0 unspecified atom stereocenters. The highest BCUT2D eigenvalue weighted by Gasteiger charge is 2.05. The first-order chi connectivity index (χ1) is 9.74. The second-order valence-corrected chi connectivity index (χ2v) is 4.54. The van der Waals surface area contributed by atoms with Gasteiger partial charge in [0.2, 0.25) is 0 Å². The Balaban J connectivity index is 1.81. The maximum Gasteiger partial charge on any atom is 0.300 e. The van der Waals surface area contributed by atoms with E-state index in [1.165, 1.54) is 0 Å². The van der Waals surface area contributed by atoms with Crippen LogP contribution in [0.4, 0.5) is 5.69 Å². The molecule has 0 atom stereocenters. The minimum atomic E-state index is 0.144. The van der Waals surface area contributed by atoms with Gasteiger partial charge in [0.25, 0.3) is 6.01 Å². The number of aliphatic hydroxyl groups excluding tert-OH is 1. The van der Waals surface area contributed by atoms with Crippen LogP contribution < -0.4 is 10.5 Å². The number of aromatic amines is 1. The largest absolute Gasteiger partial charge is 0.426 e. The number of nitrogens with two attached hydrogens (primary N) is 1. The van der Waals surface area contributed by atoms with Crippen molar-refractivity contribution in [3.8, 4) is 11.8 Å². The molecule has 0 saturated carbocycles. The van der Waals surface area contributed by atoms with Crippen LogP contribution in [0.1, 0.15) is 5.56 Å². The van der Waals surface area contributed by atoms with E-state index in [9.17, 15) is 0 Å². The van der Waals surface area contributed by atoms with Crippen molar-refractivity contribution < 1.29 is 9.84 Å². The van der Waals surface area contributed by atoms with E-state index in [1.807, 2.05) is 36.4 Å². The van der Waals surface area contributed by atoms with Gasteiger partial charge in [-0.05, 0) is 42.3 Å². The summed E-state index contributed by atoms with van der Waals surface area (Å²) in [6.07, 6.45) is 0.643. The fourth-order valence-electron chi connectivity index (χ4n) is 2.02. The number of nitrogen functional groups attached to an aromatic ring is 1. The summed E-state index contributed by atoms with van der Waals surface area (Å²) in [5, 5.41) is 8.87. The zero-order valence-corrected chi connectivity index (χ0v) is 10.8. The molecule has 0 spiro atoms. The Kier molecular flexibility index (Phi) is 3.26. The van der Waals surface area contributed by atoms with Gasteiger partial charge in [-0.25, -0.2) is 0 Å². The number of ether oxygens (including phenoxy) is 1. The molecule has 3 rings (SSSR count). The number of nitrogens with zero attached hydrogens (tertiary/aromatic N) is 1. The number of aliphatic hydroxyl groups is 1. The molecular weight excluding hydrogens is 254 g/mol. The Morgan fingerprint density at radius 3 is 2.70 bits per heavy atom. The van der Waals surface area contributed by atoms with E-state index >= 15 is 0 Å². The molecule has 1 heterocycles. The molecule has 0 saturated heterocycles. The minimum absolute atomic E-state index is 0.144. The average Bonchev–Trinajstić information content (AvgIpc) is 2.82. The number of fused-ring (bicyclic) bond motifs is 1. The fraction of sp³-hybridized carbons (Fsp3) is 0.133. The molecule has 0 radical (unpaired) electrons. The van der Waals surface area contributed by atoms with E-state index in [-0.39, 0.29) is 6.61 Å².